The van der Waals surface area contributed by atoms with Crippen LogP contribution < -0.4 is 10.6 Å². The zero-order valence-corrected chi connectivity index (χ0v) is 12.4. The van der Waals surface area contributed by atoms with Crippen LogP contribution in [0, 0.1) is 0 Å². The molecule has 0 aromatic carbocycles. The smallest absolute Gasteiger partial charge is 0.409 e. The van der Waals surface area contributed by atoms with Crippen LogP contribution >= 0.6 is 0 Å². The van der Waals surface area contributed by atoms with Crippen LogP contribution in [0.25, 0.3) is 0 Å². The van der Waals surface area contributed by atoms with E-state index in [1.165, 1.54) is 0 Å². The second-order valence-electron chi connectivity index (χ2n) is 4.88. The molecule has 1 aliphatic rings. The summed E-state index contributed by atoms with van der Waals surface area (Å²) in [5.41, 5.74) is 0. The molecule has 0 aliphatic carbocycles. The van der Waals surface area contributed by atoms with Gasteiger partial charge < -0.3 is 25.4 Å². The lowest BCUT2D eigenvalue weighted by Crippen LogP contribution is -2.52. The third kappa shape index (κ3) is 5.49. The Balaban J connectivity index is 2.33. The molecule has 1 rings (SSSR count). The summed E-state index contributed by atoms with van der Waals surface area (Å²) in [6.07, 6.45) is 1.23. The average Bonchev–Trinajstić information content (AvgIpc) is 2.45. The summed E-state index contributed by atoms with van der Waals surface area (Å²) in [7, 11) is 0. The average molecular weight is 301 g/mol. The van der Waals surface area contributed by atoms with Crippen molar-refractivity contribution in [2.75, 3.05) is 19.7 Å². The van der Waals surface area contributed by atoms with E-state index in [1.54, 1.807) is 18.7 Å². The van der Waals surface area contributed by atoms with Crippen LogP contribution in [-0.4, -0.2) is 59.9 Å². The van der Waals surface area contributed by atoms with E-state index in [0.29, 0.717) is 39.0 Å². The van der Waals surface area contributed by atoms with Gasteiger partial charge in [-0.1, -0.05) is 6.92 Å². The molecule has 1 aliphatic heterocycles. The molecule has 1 heterocycles. The summed E-state index contributed by atoms with van der Waals surface area (Å²) in [5, 5.41) is 14.0. The minimum absolute atomic E-state index is 0.0676. The van der Waals surface area contributed by atoms with Crippen molar-refractivity contribution < 1.29 is 24.2 Å². The Labute approximate surface area is 123 Å². The van der Waals surface area contributed by atoms with E-state index in [9.17, 15) is 14.4 Å². The quantitative estimate of drug-likeness (QED) is 0.695. The highest BCUT2D eigenvalue weighted by atomic mass is 16.6. The molecule has 8 nitrogen and oxygen atoms in total. The lowest BCUT2D eigenvalue weighted by Gasteiger charge is -2.31. The third-order valence-electron chi connectivity index (χ3n) is 3.37. The van der Waals surface area contributed by atoms with Crippen LogP contribution in [0.3, 0.4) is 0 Å². The molecule has 1 atom stereocenters. The fourth-order valence-electron chi connectivity index (χ4n) is 2.14. The second kappa shape index (κ2) is 8.33. The van der Waals surface area contributed by atoms with Gasteiger partial charge in [0.15, 0.2) is 0 Å². The molecule has 0 aromatic rings. The first kappa shape index (κ1) is 17.1. The van der Waals surface area contributed by atoms with E-state index in [0.717, 1.165) is 0 Å². The minimum Gasteiger partial charge on any atom is -0.480 e. The number of amides is 3. The Hall–Kier alpha value is -1.99. The molecule has 1 unspecified atom stereocenters. The molecule has 8 heteroatoms. The van der Waals surface area contributed by atoms with Crippen molar-refractivity contribution in [1.82, 2.24) is 15.5 Å². The van der Waals surface area contributed by atoms with Crippen molar-refractivity contribution in [2.45, 2.75) is 45.2 Å². The van der Waals surface area contributed by atoms with Gasteiger partial charge in [-0.25, -0.2) is 14.4 Å². The number of piperidine rings is 1. The van der Waals surface area contributed by atoms with Crippen LogP contribution in [-0.2, 0) is 9.53 Å². The number of ether oxygens (including phenoxy) is 1. The largest absolute Gasteiger partial charge is 0.480 e. The van der Waals surface area contributed by atoms with Crippen LogP contribution in [0.2, 0.25) is 0 Å². The van der Waals surface area contributed by atoms with Crippen LogP contribution in [0.15, 0.2) is 0 Å². The maximum absolute atomic E-state index is 11.7. The number of rotatable bonds is 5. The van der Waals surface area contributed by atoms with Crippen molar-refractivity contribution in [3.8, 4) is 0 Å². The van der Waals surface area contributed by atoms with Gasteiger partial charge >= 0.3 is 18.1 Å². The molecule has 120 valence electrons. The lowest BCUT2D eigenvalue weighted by molar-refractivity contribution is -0.139. The number of carboxylic acids is 1. The Morgan fingerprint density at radius 1 is 1.29 bits per heavy atom. The third-order valence-corrected chi connectivity index (χ3v) is 3.37. The summed E-state index contributed by atoms with van der Waals surface area (Å²) >= 11 is 0. The van der Waals surface area contributed by atoms with E-state index < -0.39 is 18.0 Å². The predicted octanol–water partition coefficient (Wildman–Crippen LogP) is 0.770. The van der Waals surface area contributed by atoms with Gasteiger partial charge in [-0.2, -0.15) is 0 Å². The topological polar surface area (TPSA) is 108 Å². The predicted molar refractivity (Wildman–Crippen MR) is 75.0 cm³/mol. The van der Waals surface area contributed by atoms with E-state index >= 15 is 0 Å². The number of carbonyl (C=O) groups excluding carboxylic acids is 2. The van der Waals surface area contributed by atoms with E-state index in [-0.39, 0.29) is 12.1 Å². The van der Waals surface area contributed by atoms with Crippen molar-refractivity contribution in [3.05, 3.63) is 0 Å². The number of aliphatic carboxylic acids is 1. The van der Waals surface area contributed by atoms with E-state index in [4.69, 9.17) is 9.84 Å². The highest BCUT2D eigenvalue weighted by molar-refractivity contribution is 5.82. The van der Waals surface area contributed by atoms with Gasteiger partial charge in [0.05, 0.1) is 6.61 Å². The zero-order chi connectivity index (χ0) is 15.8. The SMILES string of the molecule is CCOC(=O)N1CCC(NC(=O)NC(CC)C(=O)O)CC1. The van der Waals surface area contributed by atoms with Crippen LogP contribution in [0.4, 0.5) is 9.59 Å². The van der Waals surface area contributed by atoms with Crippen molar-refractivity contribution in [1.29, 1.82) is 0 Å². The van der Waals surface area contributed by atoms with Gasteiger partial charge in [-0.05, 0) is 26.2 Å². The number of likely N-dealkylation sites (tertiary alicyclic amines) is 1. The normalized spacial score (nSPS) is 17.0. The molecule has 0 spiro atoms. The summed E-state index contributed by atoms with van der Waals surface area (Å²) in [5.74, 6) is -1.05. The zero-order valence-electron chi connectivity index (χ0n) is 12.4. The van der Waals surface area contributed by atoms with Crippen molar-refractivity contribution in [2.24, 2.45) is 0 Å². The van der Waals surface area contributed by atoms with Crippen LogP contribution in [0.1, 0.15) is 33.1 Å². The van der Waals surface area contributed by atoms with Gasteiger partial charge in [0, 0.05) is 19.1 Å². The molecule has 21 heavy (non-hydrogen) atoms. The Morgan fingerprint density at radius 2 is 1.90 bits per heavy atom. The number of urea groups is 1. The lowest BCUT2D eigenvalue weighted by atomic mass is 10.1. The van der Waals surface area contributed by atoms with Crippen LogP contribution in [0.5, 0.6) is 0 Å². The molecule has 0 aromatic heterocycles. The summed E-state index contributed by atoms with van der Waals surface area (Å²) in [4.78, 5) is 35.7. The maximum atomic E-state index is 11.7. The number of nitrogens with zero attached hydrogens (tertiary/aromatic N) is 1. The fourth-order valence-corrected chi connectivity index (χ4v) is 2.14. The highest BCUT2D eigenvalue weighted by Crippen LogP contribution is 2.11. The molecule has 0 saturated carbocycles. The van der Waals surface area contributed by atoms with E-state index in [1.807, 2.05) is 0 Å². The van der Waals surface area contributed by atoms with Gasteiger partial charge in [-0.3, -0.25) is 0 Å². The number of carboxylic acid groups (broad SMARTS) is 1. The Bertz CT molecular complexity index is 380. The molecule has 3 amide bonds. The maximum Gasteiger partial charge on any atom is 0.409 e. The standard InChI is InChI=1S/C13H23N3O5/c1-3-10(11(17)18)15-12(19)14-9-5-7-16(8-6-9)13(20)21-4-2/h9-10H,3-8H2,1-2H3,(H,17,18)(H2,14,15,19). The molecular formula is C13H23N3O5. The molecule has 0 bridgehead atoms. The molecule has 3 N–H and O–H groups in total. The highest BCUT2D eigenvalue weighted by Gasteiger charge is 2.25. The first-order valence-electron chi connectivity index (χ1n) is 7.19. The number of hydrogen-bond acceptors (Lipinski definition) is 4. The van der Waals surface area contributed by atoms with Crippen molar-refractivity contribution >= 4 is 18.1 Å². The Kier molecular flexibility index (Phi) is 6.77. The van der Waals surface area contributed by atoms with Gasteiger partial charge in [0.2, 0.25) is 0 Å². The minimum atomic E-state index is -1.05. The van der Waals surface area contributed by atoms with Gasteiger partial charge in [0.1, 0.15) is 6.04 Å². The number of nitrogens with one attached hydrogen (secondary N) is 2. The van der Waals surface area contributed by atoms with Gasteiger partial charge in [-0.15, -0.1) is 0 Å². The molecule has 0 radical (unpaired) electrons. The van der Waals surface area contributed by atoms with Crippen molar-refractivity contribution in [3.63, 3.8) is 0 Å². The first-order valence-corrected chi connectivity index (χ1v) is 7.19. The fraction of sp³-hybridized carbons (Fsp3) is 0.769. The number of hydrogen-bond donors (Lipinski definition) is 3. The molecule has 1 saturated heterocycles. The van der Waals surface area contributed by atoms with Gasteiger partial charge in [0.25, 0.3) is 0 Å². The molecule has 1 fully saturated rings. The summed E-state index contributed by atoms with van der Waals surface area (Å²) < 4.78 is 4.91. The van der Waals surface area contributed by atoms with E-state index in [2.05, 4.69) is 10.6 Å². The Morgan fingerprint density at radius 3 is 2.38 bits per heavy atom. The first-order chi connectivity index (χ1) is 9.97. The summed E-state index contributed by atoms with van der Waals surface area (Å²) in [6, 6.07) is -1.44. The number of carbonyl (C=O) groups is 3. The monoisotopic (exact) mass is 301 g/mol. The molecular weight excluding hydrogens is 278 g/mol. The summed E-state index contributed by atoms with van der Waals surface area (Å²) in [6.45, 7) is 4.81. The second-order valence-corrected chi connectivity index (χ2v) is 4.88.